The smallest absolute Gasteiger partial charge is 0.00955 e. The summed E-state index contributed by atoms with van der Waals surface area (Å²) in [7, 11) is 0. The summed E-state index contributed by atoms with van der Waals surface area (Å²) in [5.74, 6) is 1.76. The van der Waals surface area contributed by atoms with Crippen LogP contribution < -0.4 is 5.73 Å². The van der Waals surface area contributed by atoms with Gasteiger partial charge in [0.2, 0.25) is 0 Å². The van der Waals surface area contributed by atoms with Crippen molar-refractivity contribution < 1.29 is 0 Å². The minimum atomic E-state index is 0.786. The van der Waals surface area contributed by atoms with E-state index in [0.717, 1.165) is 24.4 Å². The largest absolute Gasteiger partial charge is 0.330 e. The predicted molar refractivity (Wildman–Crippen MR) is 60.2 cm³/mol. The monoisotopic (exact) mass is 196 g/mol. The number of rotatable bonds is 2. The van der Waals surface area contributed by atoms with Crippen molar-refractivity contribution in [3.63, 3.8) is 0 Å². The highest BCUT2D eigenvalue weighted by Gasteiger charge is 2.29. The maximum Gasteiger partial charge on any atom is 0.00955 e. The van der Waals surface area contributed by atoms with E-state index in [4.69, 9.17) is 5.73 Å². The maximum atomic E-state index is 5.72. The van der Waals surface area contributed by atoms with E-state index in [0.29, 0.717) is 0 Å². The van der Waals surface area contributed by atoms with Gasteiger partial charge in [-0.1, -0.05) is 6.92 Å². The topological polar surface area (TPSA) is 29.3 Å². The summed E-state index contributed by atoms with van der Waals surface area (Å²) >= 11 is 0. The first-order valence-corrected chi connectivity index (χ1v) is 6.23. The molecular formula is C12H24N2. The molecule has 0 aromatic carbocycles. The average molecular weight is 196 g/mol. The Kier molecular flexibility index (Phi) is 3.45. The standard InChI is InChI=1S/C12H24N2/c1-10-2-4-12(5-3-10)14-7-6-11(8-13)9-14/h10-12H,2-9,13H2,1H3. The SMILES string of the molecule is CC1CCC(N2CCC(CN)C2)CC1. The lowest BCUT2D eigenvalue weighted by Crippen LogP contribution is -2.36. The third-order valence-electron chi connectivity index (χ3n) is 4.15. The highest BCUT2D eigenvalue weighted by atomic mass is 15.2. The van der Waals surface area contributed by atoms with Crippen LogP contribution in [0, 0.1) is 11.8 Å². The first kappa shape index (κ1) is 10.4. The van der Waals surface area contributed by atoms with Gasteiger partial charge in [0, 0.05) is 12.6 Å². The number of likely N-dealkylation sites (tertiary alicyclic amines) is 1. The number of nitrogens with two attached hydrogens (primary N) is 1. The molecule has 82 valence electrons. The van der Waals surface area contributed by atoms with Crippen LogP contribution >= 0.6 is 0 Å². The fourth-order valence-corrected chi connectivity index (χ4v) is 2.99. The second-order valence-corrected chi connectivity index (χ2v) is 5.30. The molecule has 1 atom stereocenters. The van der Waals surface area contributed by atoms with E-state index < -0.39 is 0 Å². The second kappa shape index (κ2) is 4.63. The van der Waals surface area contributed by atoms with Gasteiger partial charge in [-0.15, -0.1) is 0 Å². The summed E-state index contributed by atoms with van der Waals surface area (Å²) < 4.78 is 0. The predicted octanol–water partition coefficient (Wildman–Crippen LogP) is 1.85. The Bertz CT molecular complexity index is 173. The fraction of sp³-hybridized carbons (Fsp3) is 1.00. The molecule has 2 N–H and O–H groups in total. The molecule has 1 saturated carbocycles. The van der Waals surface area contributed by atoms with E-state index in [9.17, 15) is 0 Å². The molecule has 1 aliphatic carbocycles. The maximum absolute atomic E-state index is 5.72. The van der Waals surface area contributed by atoms with Crippen LogP contribution in [0.25, 0.3) is 0 Å². The second-order valence-electron chi connectivity index (χ2n) is 5.30. The number of hydrogen-bond donors (Lipinski definition) is 1. The van der Waals surface area contributed by atoms with Gasteiger partial charge < -0.3 is 10.6 Å². The molecule has 0 spiro atoms. The van der Waals surface area contributed by atoms with Crippen LogP contribution in [0.15, 0.2) is 0 Å². The molecule has 1 unspecified atom stereocenters. The molecule has 2 nitrogen and oxygen atoms in total. The third kappa shape index (κ3) is 2.29. The molecule has 0 bridgehead atoms. The normalized spacial score (nSPS) is 40.3. The molecule has 14 heavy (non-hydrogen) atoms. The number of hydrogen-bond acceptors (Lipinski definition) is 2. The van der Waals surface area contributed by atoms with Crippen LogP contribution in [0.4, 0.5) is 0 Å². The quantitative estimate of drug-likeness (QED) is 0.730. The summed E-state index contributed by atoms with van der Waals surface area (Å²) in [5.41, 5.74) is 5.72. The van der Waals surface area contributed by atoms with Crippen molar-refractivity contribution in [2.45, 2.75) is 45.1 Å². The van der Waals surface area contributed by atoms with E-state index in [2.05, 4.69) is 11.8 Å². The Hall–Kier alpha value is -0.0800. The Morgan fingerprint density at radius 1 is 1.14 bits per heavy atom. The van der Waals surface area contributed by atoms with Crippen molar-refractivity contribution in [2.24, 2.45) is 17.6 Å². The summed E-state index contributed by atoms with van der Waals surface area (Å²) in [6.45, 7) is 5.86. The molecule has 1 saturated heterocycles. The van der Waals surface area contributed by atoms with Crippen molar-refractivity contribution in [2.75, 3.05) is 19.6 Å². The van der Waals surface area contributed by atoms with Crippen molar-refractivity contribution in [3.05, 3.63) is 0 Å². The minimum absolute atomic E-state index is 0.786. The zero-order chi connectivity index (χ0) is 9.97. The van der Waals surface area contributed by atoms with Crippen LogP contribution in [0.5, 0.6) is 0 Å². The summed E-state index contributed by atoms with van der Waals surface area (Å²) in [5, 5.41) is 0. The van der Waals surface area contributed by atoms with Gasteiger partial charge in [-0.25, -0.2) is 0 Å². The lowest BCUT2D eigenvalue weighted by atomic mass is 9.87. The van der Waals surface area contributed by atoms with Crippen molar-refractivity contribution in [3.8, 4) is 0 Å². The van der Waals surface area contributed by atoms with Gasteiger partial charge in [0.15, 0.2) is 0 Å². The minimum Gasteiger partial charge on any atom is -0.330 e. The Balaban J connectivity index is 1.79. The van der Waals surface area contributed by atoms with E-state index in [1.807, 2.05) is 0 Å². The molecule has 0 aromatic rings. The van der Waals surface area contributed by atoms with Gasteiger partial charge in [-0.05, 0) is 57.0 Å². The number of nitrogens with zero attached hydrogens (tertiary/aromatic N) is 1. The van der Waals surface area contributed by atoms with E-state index in [1.54, 1.807) is 0 Å². The van der Waals surface area contributed by atoms with E-state index in [1.165, 1.54) is 45.2 Å². The van der Waals surface area contributed by atoms with Crippen molar-refractivity contribution >= 4 is 0 Å². The molecular weight excluding hydrogens is 172 g/mol. The van der Waals surface area contributed by atoms with Gasteiger partial charge in [-0.2, -0.15) is 0 Å². The molecule has 1 aliphatic heterocycles. The zero-order valence-corrected chi connectivity index (χ0v) is 9.41. The molecule has 2 aliphatic rings. The van der Waals surface area contributed by atoms with Crippen LogP contribution in [0.1, 0.15) is 39.0 Å². The van der Waals surface area contributed by atoms with Crippen LogP contribution in [-0.4, -0.2) is 30.6 Å². The highest BCUT2D eigenvalue weighted by Crippen LogP contribution is 2.30. The van der Waals surface area contributed by atoms with Gasteiger partial charge in [0.1, 0.15) is 0 Å². The Morgan fingerprint density at radius 2 is 1.86 bits per heavy atom. The molecule has 2 fully saturated rings. The Labute approximate surface area is 87.8 Å². The highest BCUT2D eigenvalue weighted by molar-refractivity contribution is 4.84. The van der Waals surface area contributed by atoms with Crippen LogP contribution in [-0.2, 0) is 0 Å². The van der Waals surface area contributed by atoms with Crippen LogP contribution in [0.3, 0.4) is 0 Å². The lowest BCUT2D eigenvalue weighted by Gasteiger charge is -2.33. The van der Waals surface area contributed by atoms with Crippen molar-refractivity contribution in [1.82, 2.24) is 4.90 Å². The molecule has 0 amide bonds. The van der Waals surface area contributed by atoms with Gasteiger partial charge >= 0.3 is 0 Å². The van der Waals surface area contributed by atoms with Gasteiger partial charge in [-0.3, -0.25) is 0 Å². The zero-order valence-electron chi connectivity index (χ0n) is 9.41. The average Bonchev–Trinajstić information content (AvgIpc) is 2.67. The van der Waals surface area contributed by atoms with E-state index >= 15 is 0 Å². The first-order valence-electron chi connectivity index (χ1n) is 6.23. The van der Waals surface area contributed by atoms with Gasteiger partial charge in [0.05, 0.1) is 0 Å². The molecule has 0 radical (unpaired) electrons. The van der Waals surface area contributed by atoms with Crippen molar-refractivity contribution in [1.29, 1.82) is 0 Å². The summed E-state index contributed by atoms with van der Waals surface area (Å²) in [6.07, 6.45) is 7.07. The molecule has 2 heteroatoms. The lowest BCUT2D eigenvalue weighted by molar-refractivity contribution is 0.165. The summed E-state index contributed by atoms with van der Waals surface area (Å²) in [6, 6.07) is 0.891. The Morgan fingerprint density at radius 3 is 2.43 bits per heavy atom. The molecule has 0 aromatic heterocycles. The van der Waals surface area contributed by atoms with Crippen LogP contribution in [0.2, 0.25) is 0 Å². The first-order chi connectivity index (χ1) is 6.79. The summed E-state index contributed by atoms with van der Waals surface area (Å²) in [4.78, 5) is 2.70. The molecule has 2 rings (SSSR count). The van der Waals surface area contributed by atoms with E-state index in [-0.39, 0.29) is 0 Å². The van der Waals surface area contributed by atoms with Gasteiger partial charge in [0.25, 0.3) is 0 Å². The third-order valence-corrected chi connectivity index (χ3v) is 4.15. The fourth-order valence-electron chi connectivity index (χ4n) is 2.99. The molecule has 1 heterocycles.